The molecule has 4 nitrogen and oxygen atoms in total. The largest absolute Gasteiger partial charge is 0.292 e. The van der Waals surface area contributed by atoms with Gasteiger partial charge in [-0.3, -0.25) is 5.43 Å². The third-order valence-corrected chi connectivity index (χ3v) is 3.06. The second-order valence-electron chi connectivity index (χ2n) is 4.48. The Hall–Kier alpha value is -2.79. The first-order valence-electron chi connectivity index (χ1n) is 6.43. The summed E-state index contributed by atoms with van der Waals surface area (Å²) in [4.78, 5) is 8.65. The topological polar surface area (TPSA) is 63.8 Å². The van der Waals surface area contributed by atoms with Crippen LogP contribution in [-0.4, -0.2) is 9.97 Å². The van der Waals surface area contributed by atoms with Gasteiger partial charge in [-0.25, -0.2) is 20.2 Å². The predicted molar refractivity (Wildman–Crippen MR) is 80.7 cm³/mol. The number of benzene rings is 2. The summed E-state index contributed by atoms with van der Waals surface area (Å²) in [6.45, 7) is 0. The lowest BCUT2D eigenvalue weighted by Crippen LogP contribution is -2.11. The van der Waals surface area contributed by atoms with Crippen molar-refractivity contribution in [1.29, 1.82) is 0 Å². The van der Waals surface area contributed by atoms with Crippen LogP contribution in [0.3, 0.4) is 0 Å². The number of rotatable bonds is 3. The zero-order chi connectivity index (χ0) is 14.7. The summed E-state index contributed by atoms with van der Waals surface area (Å²) in [6, 6.07) is 17.7. The molecule has 0 fully saturated rings. The van der Waals surface area contributed by atoms with Gasteiger partial charge in [-0.2, -0.15) is 0 Å². The van der Waals surface area contributed by atoms with Gasteiger partial charge in [-0.05, 0) is 30.3 Å². The van der Waals surface area contributed by atoms with Crippen molar-refractivity contribution in [2.75, 3.05) is 5.43 Å². The molecule has 21 heavy (non-hydrogen) atoms. The van der Waals surface area contributed by atoms with Crippen molar-refractivity contribution in [3.63, 3.8) is 0 Å². The van der Waals surface area contributed by atoms with E-state index in [2.05, 4.69) is 15.4 Å². The van der Waals surface area contributed by atoms with Crippen molar-refractivity contribution in [2.24, 2.45) is 5.84 Å². The highest BCUT2D eigenvalue weighted by atomic mass is 19.1. The molecule has 0 aliphatic rings. The Labute approximate surface area is 121 Å². The fourth-order valence-corrected chi connectivity index (χ4v) is 2.04. The van der Waals surface area contributed by atoms with Crippen molar-refractivity contribution in [3.8, 4) is 22.5 Å². The first-order chi connectivity index (χ1) is 10.3. The van der Waals surface area contributed by atoms with Crippen LogP contribution in [0.2, 0.25) is 0 Å². The molecule has 0 saturated heterocycles. The molecule has 2 aromatic carbocycles. The second-order valence-corrected chi connectivity index (χ2v) is 4.48. The van der Waals surface area contributed by atoms with Crippen molar-refractivity contribution < 1.29 is 4.39 Å². The van der Waals surface area contributed by atoms with E-state index in [1.807, 2.05) is 36.4 Å². The fraction of sp³-hybridized carbons (Fsp3) is 0. The van der Waals surface area contributed by atoms with Crippen molar-refractivity contribution in [2.45, 2.75) is 0 Å². The summed E-state index contributed by atoms with van der Waals surface area (Å²) in [5.74, 6) is 5.46. The fourth-order valence-electron chi connectivity index (χ4n) is 2.04. The van der Waals surface area contributed by atoms with Gasteiger partial charge in [0.25, 0.3) is 0 Å². The molecular weight excluding hydrogens is 267 g/mol. The number of nitrogen functional groups attached to an aromatic ring is 1. The number of nitrogens with two attached hydrogens (primary N) is 1. The molecule has 3 aromatic rings. The van der Waals surface area contributed by atoms with Crippen LogP contribution in [0.1, 0.15) is 0 Å². The standard InChI is InChI=1S/C16H13FN4/c17-13-8-6-12(7-9-13)15-10-14(19-16(20-15)21-18)11-4-2-1-3-5-11/h1-10H,18H2,(H,19,20,21). The van der Waals surface area contributed by atoms with E-state index in [4.69, 9.17) is 5.84 Å². The zero-order valence-corrected chi connectivity index (χ0v) is 11.1. The van der Waals surface area contributed by atoms with E-state index >= 15 is 0 Å². The SMILES string of the molecule is NNc1nc(-c2ccccc2)cc(-c2ccc(F)cc2)n1. The minimum atomic E-state index is -0.284. The Morgan fingerprint density at radius 2 is 1.38 bits per heavy atom. The molecule has 0 bridgehead atoms. The third kappa shape index (κ3) is 2.88. The minimum Gasteiger partial charge on any atom is -0.292 e. The molecule has 0 unspecified atom stereocenters. The smallest absolute Gasteiger partial charge is 0.238 e. The molecule has 0 aliphatic heterocycles. The normalized spacial score (nSPS) is 10.4. The highest BCUT2D eigenvalue weighted by Crippen LogP contribution is 2.24. The summed E-state index contributed by atoms with van der Waals surface area (Å²) < 4.78 is 13.0. The molecule has 3 N–H and O–H groups in total. The summed E-state index contributed by atoms with van der Waals surface area (Å²) in [5.41, 5.74) is 5.64. The predicted octanol–water partition coefficient (Wildman–Crippen LogP) is 3.24. The molecular formula is C16H13FN4. The average Bonchev–Trinajstić information content (AvgIpc) is 2.56. The maximum atomic E-state index is 13.0. The van der Waals surface area contributed by atoms with Gasteiger partial charge in [-0.15, -0.1) is 0 Å². The van der Waals surface area contributed by atoms with E-state index in [0.717, 1.165) is 16.8 Å². The summed E-state index contributed by atoms with van der Waals surface area (Å²) in [7, 11) is 0. The molecule has 0 amide bonds. The highest BCUT2D eigenvalue weighted by molar-refractivity contribution is 5.69. The Bertz CT molecular complexity index is 742. The van der Waals surface area contributed by atoms with Crippen LogP contribution in [0.25, 0.3) is 22.5 Å². The minimum absolute atomic E-state index is 0.284. The summed E-state index contributed by atoms with van der Waals surface area (Å²) >= 11 is 0. The molecule has 3 rings (SSSR count). The molecule has 0 atom stereocenters. The van der Waals surface area contributed by atoms with Crippen LogP contribution >= 0.6 is 0 Å². The highest BCUT2D eigenvalue weighted by Gasteiger charge is 2.08. The van der Waals surface area contributed by atoms with Gasteiger partial charge >= 0.3 is 0 Å². The molecule has 5 heteroatoms. The van der Waals surface area contributed by atoms with E-state index < -0.39 is 0 Å². The second kappa shape index (κ2) is 5.68. The van der Waals surface area contributed by atoms with E-state index in [1.54, 1.807) is 12.1 Å². The Morgan fingerprint density at radius 1 is 0.810 bits per heavy atom. The van der Waals surface area contributed by atoms with Crippen molar-refractivity contribution in [1.82, 2.24) is 9.97 Å². The number of hydrogen-bond acceptors (Lipinski definition) is 4. The van der Waals surface area contributed by atoms with E-state index in [9.17, 15) is 4.39 Å². The van der Waals surface area contributed by atoms with Gasteiger partial charge in [-0.1, -0.05) is 30.3 Å². The number of nitrogens with one attached hydrogen (secondary N) is 1. The van der Waals surface area contributed by atoms with Gasteiger partial charge in [0.2, 0.25) is 5.95 Å². The zero-order valence-electron chi connectivity index (χ0n) is 11.1. The van der Waals surface area contributed by atoms with Gasteiger partial charge in [0.15, 0.2) is 0 Å². The first kappa shape index (κ1) is 13.2. The van der Waals surface area contributed by atoms with Gasteiger partial charge in [0, 0.05) is 11.1 Å². The van der Waals surface area contributed by atoms with Crippen LogP contribution in [0.4, 0.5) is 10.3 Å². The Morgan fingerprint density at radius 3 is 1.95 bits per heavy atom. The Balaban J connectivity index is 2.11. The maximum absolute atomic E-state index is 13.0. The van der Waals surface area contributed by atoms with Crippen molar-refractivity contribution >= 4 is 5.95 Å². The number of nitrogens with zero attached hydrogens (tertiary/aromatic N) is 2. The molecule has 0 radical (unpaired) electrons. The van der Waals surface area contributed by atoms with Gasteiger partial charge in [0.05, 0.1) is 11.4 Å². The van der Waals surface area contributed by atoms with Crippen molar-refractivity contribution in [3.05, 3.63) is 66.5 Å². The van der Waals surface area contributed by atoms with E-state index in [1.165, 1.54) is 12.1 Å². The van der Waals surface area contributed by atoms with Gasteiger partial charge < -0.3 is 0 Å². The number of hydrazine groups is 1. The van der Waals surface area contributed by atoms with E-state index in [0.29, 0.717) is 11.6 Å². The third-order valence-electron chi connectivity index (χ3n) is 3.06. The first-order valence-corrected chi connectivity index (χ1v) is 6.43. The molecule has 0 aliphatic carbocycles. The monoisotopic (exact) mass is 280 g/mol. The van der Waals surface area contributed by atoms with Crippen LogP contribution in [-0.2, 0) is 0 Å². The molecule has 0 saturated carbocycles. The molecule has 1 heterocycles. The lowest BCUT2D eigenvalue weighted by Gasteiger charge is -2.08. The van der Waals surface area contributed by atoms with Crippen LogP contribution in [0, 0.1) is 5.82 Å². The molecule has 104 valence electrons. The summed E-state index contributed by atoms with van der Waals surface area (Å²) in [6.07, 6.45) is 0. The number of anilines is 1. The lowest BCUT2D eigenvalue weighted by molar-refractivity contribution is 0.628. The number of halogens is 1. The number of aromatic nitrogens is 2. The molecule has 1 aromatic heterocycles. The number of hydrogen-bond donors (Lipinski definition) is 2. The summed E-state index contributed by atoms with van der Waals surface area (Å²) in [5, 5.41) is 0. The molecule has 0 spiro atoms. The van der Waals surface area contributed by atoms with Crippen LogP contribution in [0.5, 0.6) is 0 Å². The maximum Gasteiger partial charge on any atom is 0.238 e. The average molecular weight is 280 g/mol. The van der Waals surface area contributed by atoms with Gasteiger partial charge in [0.1, 0.15) is 5.82 Å². The Kier molecular flexibility index (Phi) is 3.57. The quantitative estimate of drug-likeness (QED) is 0.571. The lowest BCUT2D eigenvalue weighted by atomic mass is 10.1. The van der Waals surface area contributed by atoms with Crippen LogP contribution < -0.4 is 11.3 Å². The van der Waals surface area contributed by atoms with E-state index in [-0.39, 0.29) is 5.82 Å². The van der Waals surface area contributed by atoms with Crippen LogP contribution in [0.15, 0.2) is 60.7 Å².